The molecular formula is C11H8ClF3O3. The molecule has 0 spiro atoms. The summed E-state index contributed by atoms with van der Waals surface area (Å²) in [6.45, 7) is 0. The van der Waals surface area contributed by atoms with Crippen molar-refractivity contribution >= 4 is 23.1 Å². The monoisotopic (exact) mass is 280 g/mol. The topological polar surface area (TPSA) is 46.5 Å². The van der Waals surface area contributed by atoms with Gasteiger partial charge in [0.25, 0.3) is 0 Å². The standard InChI is InChI=1S/C11H8ClF3O3/c1-18-9-3-2-6(4-8(9)12)7(5-10(16)17)11(13,14)15/h2-5H,1H3,(H,16,17)/b7-5+. The molecule has 0 amide bonds. The number of allylic oxidation sites excluding steroid dienone is 1. The zero-order chi connectivity index (χ0) is 13.9. The molecule has 7 heteroatoms. The maximum absolute atomic E-state index is 12.7. The smallest absolute Gasteiger partial charge is 0.417 e. The Hall–Kier alpha value is -1.69. The summed E-state index contributed by atoms with van der Waals surface area (Å²) < 4.78 is 42.8. The van der Waals surface area contributed by atoms with Crippen molar-refractivity contribution in [1.29, 1.82) is 0 Å². The van der Waals surface area contributed by atoms with Crippen LogP contribution in [-0.2, 0) is 4.79 Å². The highest BCUT2D eigenvalue weighted by atomic mass is 35.5. The van der Waals surface area contributed by atoms with Crippen LogP contribution in [0, 0.1) is 0 Å². The molecule has 1 aromatic carbocycles. The third-order valence-electron chi connectivity index (χ3n) is 2.04. The summed E-state index contributed by atoms with van der Waals surface area (Å²) in [6.07, 6.45) is -4.69. The van der Waals surface area contributed by atoms with E-state index in [-0.39, 0.29) is 22.4 Å². The van der Waals surface area contributed by atoms with E-state index in [2.05, 4.69) is 0 Å². The maximum atomic E-state index is 12.7. The molecule has 98 valence electrons. The van der Waals surface area contributed by atoms with Crippen LogP contribution in [0.2, 0.25) is 5.02 Å². The predicted octanol–water partition coefficient (Wildman–Crippen LogP) is 3.38. The number of halogens is 4. The molecule has 0 aliphatic rings. The average Bonchev–Trinajstić information content (AvgIpc) is 2.24. The fourth-order valence-corrected chi connectivity index (χ4v) is 1.54. The molecule has 0 saturated heterocycles. The van der Waals surface area contributed by atoms with Gasteiger partial charge in [0.15, 0.2) is 0 Å². The molecule has 0 atom stereocenters. The largest absolute Gasteiger partial charge is 0.495 e. The van der Waals surface area contributed by atoms with Crippen LogP contribution in [0.1, 0.15) is 5.56 Å². The molecule has 0 saturated carbocycles. The fraction of sp³-hybridized carbons (Fsp3) is 0.182. The number of hydrogen-bond acceptors (Lipinski definition) is 2. The minimum absolute atomic E-state index is 0.0319. The van der Waals surface area contributed by atoms with Crippen LogP contribution in [-0.4, -0.2) is 24.4 Å². The second-order valence-corrected chi connectivity index (χ2v) is 3.65. The van der Waals surface area contributed by atoms with Crippen molar-refractivity contribution in [2.45, 2.75) is 6.18 Å². The summed E-state index contributed by atoms with van der Waals surface area (Å²) in [7, 11) is 1.32. The van der Waals surface area contributed by atoms with E-state index in [4.69, 9.17) is 21.4 Å². The van der Waals surface area contributed by atoms with Gasteiger partial charge in [-0.15, -0.1) is 0 Å². The SMILES string of the molecule is COc1ccc(/C(=C\C(=O)O)C(F)(F)F)cc1Cl. The van der Waals surface area contributed by atoms with E-state index in [0.29, 0.717) is 0 Å². The third-order valence-corrected chi connectivity index (χ3v) is 2.33. The Kier molecular flexibility index (Phi) is 4.24. The molecule has 0 radical (unpaired) electrons. The summed E-state index contributed by atoms with van der Waals surface area (Å²) in [5.74, 6) is -1.48. The van der Waals surface area contributed by atoms with Gasteiger partial charge < -0.3 is 9.84 Å². The lowest BCUT2D eigenvalue weighted by molar-refractivity contribution is -0.131. The number of ether oxygens (including phenoxy) is 1. The Morgan fingerprint density at radius 1 is 1.44 bits per heavy atom. The predicted molar refractivity (Wildman–Crippen MR) is 59.7 cm³/mol. The Balaban J connectivity index is 3.32. The highest BCUT2D eigenvalue weighted by molar-refractivity contribution is 6.32. The van der Waals surface area contributed by atoms with Crippen molar-refractivity contribution in [3.63, 3.8) is 0 Å². The molecule has 1 rings (SSSR count). The van der Waals surface area contributed by atoms with Crippen LogP contribution in [0.25, 0.3) is 5.57 Å². The number of aliphatic carboxylic acids is 1. The van der Waals surface area contributed by atoms with Crippen LogP contribution in [0.4, 0.5) is 13.2 Å². The Morgan fingerprint density at radius 2 is 2.06 bits per heavy atom. The lowest BCUT2D eigenvalue weighted by Gasteiger charge is -2.12. The van der Waals surface area contributed by atoms with Gasteiger partial charge >= 0.3 is 12.1 Å². The van der Waals surface area contributed by atoms with Gasteiger partial charge in [-0.25, -0.2) is 4.79 Å². The summed E-state index contributed by atoms with van der Waals surface area (Å²) >= 11 is 5.69. The molecule has 0 aliphatic carbocycles. The van der Waals surface area contributed by atoms with Crippen LogP contribution >= 0.6 is 11.6 Å². The van der Waals surface area contributed by atoms with E-state index in [1.807, 2.05) is 0 Å². The van der Waals surface area contributed by atoms with Crippen LogP contribution < -0.4 is 4.74 Å². The average molecular weight is 281 g/mol. The molecule has 0 heterocycles. The fourth-order valence-electron chi connectivity index (χ4n) is 1.29. The van der Waals surface area contributed by atoms with Crippen molar-refractivity contribution in [1.82, 2.24) is 0 Å². The first-order valence-corrected chi connectivity index (χ1v) is 4.99. The Morgan fingerprint density at radius 3 is 2.44 bits per heavy atom. The molecule has 0 unspecified atom stereocenters. The molecule has 0 aromatic heterocycles. The van der Waals surface area contributed by atoms with Gasteiger partial charge in [-0.05, 0) is 17.7 Å². The molecule has 3 nitrogen and oxygen atoms in total. The second-order valence-electron chi connectivity index (χ2n) is 3.24. The van der Waals surface area contributed by atoms with Gasteiger partial charge in [-0.3, -0.25) is 0 Å². The highest BCUT2D eigenvalue weighted by Gasteiger charge is 2.35. The minimum atomic E-state index is -4.78. The first-order valence-electron chi connectivity index (χ1n) is 4.61. The van der Waals surface area contributed by atoms with E-state index < -0.39 is 17.7 Å². The highest BCUT2D eigenvalue weighted by Crippen LogP contribution is 2.36. The molecule has 0 aliphatic heterocycles. The van der Waals surface area contributed by atoms with Gasteiger partial charge in [0.05, 0.1) is 17.7 Å². The molecular weight excluding hydrogens is 273 g/mol. The van der Waals surface area contributed by atoms with Gasteiger partial charge in [0, 0.05) is 6.08 Å². The van der Waals surface area contributed by atoms with Crippen molar-refractivity contribution in [3.8, 4) is 5.75 Å². The van der Waals surface area contributed by atoms with Crippen molar-refractivity contribution in [2.75, 3.05) is 7.11 Å². The quantitative estimate of drug-likeness (QED) is 0.864. The molecule has 18 heavy (non-hydrogen) atoms. The zero-order valence-corrected chi connectivity index (χ0v) is 9.84. The number of rotatable bonds is 3. The summed E-state index contributed by atoms with van der Waals surface area (Å²) in [5.41, 5.74) is -1.62. The Labute approximate surface area is 105 Å². The summed E-state index contributed by atoms with van der Waals surface area (Å²) in [5, 5.41) is 8.41. The lowest BCUT2D eigenvalue weighted by atomic mass is 10.0. The van der Waals surface area contributed by atoms with E-state index >= 15 is 0 Å². The number of carboxylic acid groups (broad SMARTS) is 1. The second kappa shape index (κ2) is 5.30. The van der Waals surface area contributed by atoms with Crippen molar-refractivity contribution < 1.29 is 27.8 Å². The van der Waals surface area contributed by atoms with Crippen LogP contribution in [0.5, 0.6) is 5.75 Å². The number of methoxy groups -OCH3 is 1. The van der Waals surface area contributed by atoms with E-state index in [1.165, 1.54) is 13.2 Å². The normalized spacial score (nSPS) is 12.4. The third kappa shape index (κ3) is 3.40. The zero-order valence-electron chi connectivity index (χ0n) is 9.08. The number of hydrogen-bond donors (Lipinski definition) is 1. The number of alkyl halides is 3. The van der Waals surface area contributed by atoms with Crippen molar-refractivity contribution in [3.05, 3.63) is 34.9 Å². The number of carboxylic acids is 1. The minimum Gasteiger partial charge on any atom is -0.495 e. The van der Waals surface area contributed by atoms with Gasteiger partial charge in [0.2, 0.25) is 0 Å². The summed E-state index contributed by atoms with van der Waals surface area (Å²) in [6, 6.07) is 3.33. The molecule has 0 fully saturated rings. The number of carbonyl (C=O) groups is 1. The Bertz CT molecular complexity index is 495. The van der Waals surface area contributed by atoms with Gasteiger partial charge in [0.1, 0.15) is 5.75 Å². The lowest BCUT2D eigenvalue weighted by Crippen LogP contribution is -2.12. The molecule has 1 aromatic rings. The maximum Gasteiger partial charge on any atom is 0.417 e. The van der Waals surface area contributed by atoms with Gasteiger partial charge in [-0.1, -0.05) is 17.7 Å². The summed E-state index contributed by atoms with van der Waals surface area (Å²) in [4.78, 5) is 10.4. The first kappa shape index (κ1) is 14.4. The van der Waals surface area contributed by atoms with Gasteiger partial charge in [-0.2, -0.15) is 13.2 Å². The number of benzene rings is 1. The van der Waals surface area contributed by atoms with E-state index in [0.717, 1.165) is 12.1 Å². The van der Waals surface area contributed by atoms with Crippen LogP contribution in [0.15, 0.2) is 24.3 Å². The molecule has 0 bridgehead atoms. The van der Waals surface area contributed by atoms with Crippen molar-refractivity contribution in [2.24, 2.45) is 0 Å². The van der Waals surface area contributed by atoms with Crippen LogP contribution in [0.3, 0.4) is 0 Å². The first-order chi connectivity index (χ1) is 8.25. The molecule has 1 N–H and O–H groups in total. The van der Waals surface area contributed by atoms with E-state index in [9.17, 15) is 18.0 Å². The van der Waals surface area contributed by atoms with E-state index in [1.54, 1.807) is 0 Å².